The van der Waals surface area contributed by atoms with Gasteiger partial charge in [-0.2, -0.15) is 4.73 Å². The van der Waals surface area contributed by atoms with Crippen LogP contribution in [0.2, 0.25) is 0 Å². The molecule has 1 aromatic rings. The van der Waals surface area contributed by atoms with E-state index >= 15 is 0 Å². The Kier molecular flexibility index (Phi) is 4.65. The van der Waals surface area contributed by atoms with E-state index in [1.165, 1.54) is 13.0 Å². The summed E-state index contributed by atoms with van der Waals surface area (Å²) in [7, 11) is 0. The van der Waals surface area contributed by atoms with E-state index in [1.54, 1.807) is 6.08 Å². The smallest absolute Gasteiger partial charge is 0.288 e. The Balaban J connectivity index is 2.85. The van der Waals surface area contributed by atoms with Crippen LogP contribution in [0.1, 0.15) is 12.5 Å². The lowest BCUT2D eigenvalue weighted by Gasteiger charge is -1.98. The van der Waals surface area contributed by atoms with E-state index in [9.17, 15) is 20.1 Å². The predicted octanol–water partition coefficient (Wildman–Crippen LogP) is 1.52. The van der Waals surface area contributed by atoms with Crippen LogP contribution in [0.3, 0.4) is 0 Å². The van der Waals surface area contributed by atoms with Gasteiger partial charge in [0.25, 0.3) is 5.69 Å². The van der Waals surface area contributed by atoms with Gasteiger partial charge in [0.1, 0.15) is 5.56 Å². The fourth-order valence-corrected chi connectivity index (χ4v) is 1.55. The largest absolute Gasteiger partial charge is 0.619 e. The Labute approximate surface area is 102 Å². The minimum Gasteiger partial charge on any atom is -0.619 e. The van der Waals surface area contributed by atoms with Crippen molar-refractivity contribution in [1.29, 1.82) is 0 Å². The van der Waals surface area contributed by atoms with Crippen LogP contribution in [-0.4, -0.2) is 15.8 Å². The van der Waals surface area contributed by atoms with Crippen LogP contribution in [0.25, 0.3) is 6.08 Å². The Morgan fingerprint density at radius 1 is 1.65 bits per heavy atom. The molecule has 1 aromatic heterocycles. The lowest BCUT2D eigenvalue weighted by molar-refractivity contribution is -0.606. The average Bonchev–Trinajstić information content (AvgIpc) is 2.23. The standard InChI is InChI=1S/C10H10N2O4S/c1-8(13)17-6-2-3-9-7-11(14)5-4-10(9)12(15)16/h2-5,7H,6H2,1H3. The van der Waals surface area contributed by atoms with E-state index in [-0.39, 0.29) is 16.4 Å². The van der Waals surface area contributed by atoms with Crippen molar-refractivity contribution in [3.8, 4) is 0 Å². The Hall–Kier alpha value is -1.89. The molecule has 0 saturated heterocycles. The lowest BCUT2D eigenvalue weighted by Crippen LogP contribution is -2.24. The first-order valence-corrected chi connectivity index (χ1v) is 5.66. The van der Waals surface area contributed by atoms with Gasteiger partial charge < -0.3 is 5.21 Å². The number of rotatable bonds is 4. The van der Waals surface area contributed by atoms with E-state index in [0.29, 0.717) is 10.5 Å². The number of pyridine rings is 1. The number of hydrogen-bond donors (Lipinski definition) is 0. The molecule has 0 saturated carbocycles. The molecule has 1 rings (SSSR count). The van der Waals surface area contributed by atoms with Crippen LogP contribution in [0.15, 0.2) is 24.5 Å². The minimum atomic E-state index is -0.558. The highest BCUT2D eigenvalue weighted by atomic mass is 32.2. The van der Waals surface area contributed by atoms with Gasteiger partial charge in [0.15, 0.2) is 17.5 Å². The van der Waals surface area contributed by atoms with E-state index < -0.39 is 4.92 Å². The van der Waals surface area contributed by atoms with Crippen molar-refractivity contribution >= 4 is 28.6 Å². The molecule has 0 aromatic carbocycles. The Bertz CT molecular complexity index is 473. The van der Waals surface area contributed by atoms with E-state index in [0.717, 1.165) is 30.2 Å². The maximum atomic E-state index is 11.0. The summed E-state index contributed by atoms with van der Waals surface area (Å²) in [6.07, 6.45) is 5.25. The molecule has 0 unspecified atom stereocenters. The fraction of sp³-hybridized carbons (Fsp3) is 0.200. The molecular weight excluding hydrogens is 244 g/mol. The third kappa shape index (κ3) is 4.23. The van der Waals surface area contributed by atoms with Gasteiger partial charge in [-0.25, -0.2) is 0 Å². The van der Waals surface area contributed by atoms with E-state index in [2.05, 4.69) is 0 Å². The van der Waals surface area contributed by atoms with Gasteiger partial charge in [0.05, 0.1) is 11.0 Å². The van der Waals surface area contributed by atoms with Crippen molar-refractivity contribution < 1.29 is 14.4 Å². The summed E-state index contributed by atoms with van der Waals surface area (Å²) in [6, 6.07) is 1.14. The second-order valence-electron chi connectivity index (χ2n) is 3.11. The number of nitro groups is 1. The van der Waals surface area contributed by atoms with Gasteiger partial charge >= 0.3 is 0 Å². The maximum Gasteiger partial charge on any atom is 0.288 e. The van der Waals surface area contributed by atoms with Gasteiger partial charge in [-0.3, -0.25) is 14.9 Å². The lowest BCUT2D eigenvalue weighted by atomic mass is 10.2. The second kappa shape index (κ2) is 6.00. The summed E-state index contributed by atoms with van der Waals surface area (Å²) in [5.74, 6) is 0.417. The summed E-state index contributed by atoms with van der Waals surface area (Å²) in [4.78, 5) is 20.8. The number of thioether (sulfide) groups is 1. The molecule has 0 atom stereocenters. The zero-order valence-corrected chi connectivity index (χ0v) is 9.85. The minimum absolute atomic E-state index is 0.0314. The highest BCUT2D eigenvalue weighted by Crippen LogP contribution is 2.17. The molecule has 0 aliphatic rings. The highest BCUT2D eigenvalue weighted by Gasteiger charge is 2.14. The Morgan fingerprint density at radius 2 is 2.35 bits per heavy atom. The van der Waals surface area contributed by atoms with Gasteiger partial charge in [0.2, 0.25) is 0 Å². The molecule has 17 heavy (non-hydrogen) atoms. The number of nitrogens with zero attached hydrogens (tertiary/aromatic N) is 2. The molecule has 0 spiro atoms. The monoisotopic (exact) mass is 254 g/mol. The SMILES string of the molecule is CC(=O)SCC=Cc1c[n+]([O-])ccc1[N+](=O)[O-]. The Morgan fingerprint density at radius 3 is 2.94 bits per heavy atom. The molecule has 0 aliphatic heterocycles. The van der Waals surface area contributed by atoms with Crippen molar-refractivity contribution in [2.45, 2.75) is 6.92 Å². The first-order chi connectivity index (χ1) is 8.00. The second-order valence-corrected chi connectivity index (χ2v) is 4.30. The van der Waals surface area contributed by atoms with Crippen molar-refractivity contribution in [1.82, 2.24) is 0 Å². The molecule has 0 amide bonds. The van der Waals surface area contributed by atoms with Crippen molar-refractivity contribution in [2.24, 2.45) is 0 Å². The zero-order chi connectivity index (χ0) is 12.8. The van der Waals surface area contributed by atoms with Gasteiger partial charge in [-0.15, -0.1) is 0 Å². The van der Waals surface area contributed by atoms with Crippen LogP contribution >= 0.6 is 11.8 Å². The van der Waals surface area contributed by atoms with Gasteiger partial charge in [-0.05, 0) is 6.08 Å². The van der Waals surface area contributed by atoms with E-state index in [1.807, 2.05) is 0 Å². The van der Waals surface area contributed by atoms with E-state index in [4.69, 9.17) is 0 Å². The molecule has 90 valence electrons. The number of aromatic nitrogens is 1. The predicted molar refractivity (Wildman–Crippen MR) is 64.2 cm³/mol. The summed E-state index contributed by atoms with van der Waals surface area (Å²) < 4.78 is 0.491. The van der Waals surface area contributed by atoms with Gasteiger partial charge in [0, 0.05) is 12.7 Å². The maximum absolute atomic E-state index is 11.0. The molecule has 6 nitrogen and oxygen atoms in total. The molecule has 0 fully saturated rings. The molecule has 1 heterocycles. The topological polar surface area (TPSA) is 87.2 Å². The van der Waals surface area contributed by atoms with Crippen LogP contribution < -0.4 is 4.73 Å². The quantitative estimate of drug-likeness (QED) is 0.352. The van der Waals surface area contributed by atoms with Crippen LogP contribution in [-0.2, 0) is 4.79 Å². The number of hydrogen-bond acceptors (Lipinski definition) is 5. The third-order valence-electron chi connectivity index (χ3n) is 1.82. The highest BCUT2D eigenvalue weighted by molar-refractivity contribution is 8.13. The normalized spacial score (nSPS) is 10.6. The summed E-state index contributed by atoms with van der Waals surface area (Å²) in [5.41, 5.74) is 0.0813. The van der Waals surface area contributed by atoms with Crippen molar-refractivity contribution in [2.75, 3.05) is 5.75 Å². The first kappa shape index (κ1) is 13.2. The number of carbonyl (C=O) groups is 1. The van der Waals surface area contributed by atoms with Crippen LogP contribution in [0.5, 0.6) is 0 Å². The van der Waals surface area contributed by atoms with Crippen LogP contribution in [0, 0.1) is 15.3 Å². The molecular formula is C10H10N2O4S. The summed E-state index contributed by atoms with van der Waals surface area (Å²) in [5, 5.41) is 21.7. The molecule has 0 N–H and O–H groups in total. The average molecular weight is 254 g/mol. The third-order valence-corrected chi connectivity index (χ3v) is 2.58. The van der Waals surface area contributed by atoms with Gasteiger partial charge in [-0.1, -0.05) is 17.8 Å². The zero-order valence-electron chi connectivity index (χ0n) is 9.03. The summed E-state index contributed by atoms with van der Waals surface area (Å²) in [6.45, 7) is 1.44. The fourth-order valence-electron chi connectivity index (χ4n) is 1.12. The molecule has 0 bridgehead atoms. The van der Waals surface area contributed by atoms with Crippen molar-refractivity contribution in [3.05, 3.63) is 45.4 Å². The van der Waals surface area contributed by atoms with Crippen LogP contribution in [0.4, 0.5) is 5.69 Å². The van der Waals surface area contributed by atoms with Crippen molar-refractivity contribution in [3.63, 3.8) is 0 Å². The first-order valence-electron chi connectivity index (χ1n) is 4.68. The molecule has 7 heteroatoms. The molecule has 0 radical (unpaired) electrons. The number of carbonyl (C=O) groups excluding carboxylic acids is 1. The summed E-state index contributed by atoms with van der Waals surface area (Å²) >= 11 is 1.09. The molecule has 0 aliphatic carbocycles.